The van der Waals surface area contributed by atoms with Crippen molar-refractivity contribution in [2.24, 2.45) is 10.9 Å². The van der Waals surface area contributed by atoms with Crippen LogP contribution >= 0.6 is 0 Å². The summed E-state index contributed by atoms with van der Waals surface area (Å²) in [7, 11) is 0. The molecule has 1 spiro atoms. The fraction of sp³-hybridized carbons (Fsp3) is 0.611. The Morgan fingerprint density at radius 3 is 3.14 bits per heavy atom. The summed E-state index contributed by atoms with van der Waals surface area (Å²) in [5.41, 5.74) is 2.76. The van der Waals surface area contributed by atoms with Crippen molar-refractivity contribution in [3.63, 3.8) is 0 Å². The van der Waals surface area contributed by atoms with Gasteiger partial charge in [0.15, 0.2) is 0 Å². The number of amidine groups is 1. The van der Waals surface area contributed by atoms with E-state index in [2.05, 4.69) is 48.7 Å². The van der Waals surface area contributed by atoms with Crippen molar-refractivity contribution in [2.45, 2.75) is 51.6 Å². The number of rotatable bonds is 2. The van der Waals surface area contributed by atoms with Crippen LogP contribution < -0.4 is 10.6 Å². The Morgan fingerprint density at radius 1 is 1.43 bits per heavy atom. The lowest BCUT2D eigenvalue weighted by atomic mass is 9.75. The summed E-state index contributed by atoms with van der Waals surface area (Å²) in [4.78, 5) is 4.82. The maximum Gasteiger partial charge on any atom is 0.117 e. The van der Waals surface area contributed by atoms with Gasteiger partial charge in [0.2, 0.25) is 0 Å². The van der Waals surface area contributed by atoms with Gasteiger partial charge >= 0.3 is 0 Å². The third-order valence-electron chi connectivity index (χ3n) is 4.84. The highest BCUT2D eigenvalue weighted by molar-refractivity contribution is 5.92. The summed E-state index contributed by atoms with van der Waals surface area (Å²) < 4.78 is 0. The van der Waals surface area contributed by atoms with Gasteiger partial charge in [0.1, 0.15) is 5.84 Å². The Hall–Kier alpha value is -1.35. The van der Waals surface area contributed by atoms with Gasteiger partial charge in [-0.1, -0.05) is 49.6 Å². The Labute approximate surface area is 128 Å². The molecule has 3 heteroatoms. The highest BCUT2D eigenvalue weighted by atomic mass is 15.2. The van der Waals surface area contributed by atoms with Gasteiger partial charge in [0.25, 0.3) is 0 Å². The topological polar surface area (TPSA) is 36.4 Å². The van der Waals surface area contributed by atoms with Crippen LogP contribution in [0.4, 0.5) is 0 Å². The van der Waals surface area contributed by atoms with Crippen molar-refractivity contribution in [3.05, 3.63) is 35.4 Å². The second kappa shape index (κ2) is 6.18. The van der Waals surface area contributed by atoms with Crippen LogP contribution in [-0.4, -0.2) is 24.5 Å². The molecule has 0 aromatic heterocycles. The fourth-order valence-corrected chi connectivity index (χ4v) is 3.86. The normalized spacial score (nSPS) is 29.2. The van der Waals surface area contributed by atoms with E-state index in [9.17, 15) is 0 Å². The molecule has 1 aliphatic heterocycles. The van der Waals surface area contributed by atoms with Crippen molar-refractivity contribution in [2.75, 3.05) is 13.1 Å². The number of hydrogen-bond donors (Lipinski definition) is 2. The molecular weight excluding hydrogens is 258 g/mol. The summed E-state index contributed by atoms with van der Waals surface area (Å²) in [6.45, 7) is 7.30. The SMILES string of the molecule is Cc1cccc(CNC2=NCCNC23CCCC(C)C3)c1. The van der Waals surface area contributed by atoms with Gasteiger partial charge in [-0.15, -0.1) is 0 Å². The lowest BCUT2D eigenvalue weighted by Gasteiger charge is -2.44. The molecule has 21 heavy (non-hydrogen) atoms. The minimum atomic E-state index is 0.111. The highest BCUT2D eigenvalue weighted by Gasteiger charge is 2.40. The molecule has 2 unspecified atom stereocenters. The number of nitrogens with zero attached hydrogens (tertiary/aromatic N) is 1. The molecule has 1 fully saturated rings. The van der Waals surface area contributed by atoms with Crippen LogP contribution in [0.25, 0.3) is 0 Å². The molecule has 2 atom stereocenters. The zero-order valence-electron chi connectivity index (χ0n) is 13.3. The quantitative estimate of drug-likeness (QED) is 0.876. The second-order valence-corrected chi connectivity index (χ2v) is 6.78. The predicted molar refractivity (Wildman–Crippen MR) is 88.7 cm³/mol. The van der Waals surface area contributed by atoms with Gasteiger partial charge < -0.3 is 10.6 Å². The van der Waals surface area contributed by atoms with Crippen LogP contribution in [0.15, 0.2) is 29.3 Å². The first-order valence-electron chi connectivity index (χ1n) is 8.27. The fourth-order valence-electron chi connectivity index (χ4n) is 3.86. The molecule has 1 saturated carbocycles. The van der Waals surface area contributed by atoms with Gasteiger partial charge in [-0.2, -0.15) is 0 Å². The van der Waals surface area contributed by atoms with E-state index in [-0.39, 0.29) is 5.54 Å². The number of nitrogens with one attached hydrogen (secondary N) is 2. The molecule has 0 bridgehead atoms. The molecule has 2 aliphatic rings. The maximum atomic E-state index is 4.82. The number of aryl methyl sites for hydroxylation is 1. The van der Waals surface area contributed by atoms with Gasteiger partial charge in [0.05, 0.1) is 12.1 Å². The molecular formula is C18H27N3. The summed E-state index contributed by atoms with van der Waals surface area (Å²) in [5.74, 6) is 1.98. The molecule has 3 rings (SSSR count). The number of aliphatic imine (C=N–C) groups is 1. The smallest absolute Gasteiger partial charge is 0.117 e. The standard InChI is InChI=1S/C18H27N3/c1-14-5-3-7-16(11-14)13-20-17-18(21-10-9-19-17)8-4-6-15(2)12-18/h3,5,7,11,15,21H,4,6,8-10,12-13H2,1-2H3,(H,19,20). The van der Waals surface area contributed by atoms with E-state index in [1.54, 1.807) is 0 Å². The summed E-state index contributed by atoms with van der Waals surface area (Å²) >= 11 is 0. The van der Waals surface area contributed by atoms with Gasteiger partial charge in [-0.3, -0.25) is 4.99 Å². The Bertz CT molecular complexity index is 523. The van der Waals surface area contributed by atoms with E-state index >= 15 is 0 Å². The second-order valence-electron chi connectivity index (χ2n) is 6.78. The summed E-state index contributed by atoms with van der Waals surface area (Å²) in [6.07, 6.45) is 5.09. The molecule has 114 valence electrons. The lowest BCUT2D eigenvalue weighted by Crippen LogP contribution is -2.61. The van der Waals surface area contributed by atoms with E-state index in [0.29, 0.717) is 0 Å². The van der Waals surface area contributed by atoms with Crippen LogP contribution in [0.3, 0.4) is 0 Å². The third-order valence-corrected chi connectivity index (χ3v) is 4.84. The van der Waals surface area contributed by atoms with Crippen molar-refractivity contribution < 1.29 is 0 Å². The monoisotopic (exact) mass is 285 g/mol. The third kappa shape index (κ3) is 3.29. The average molecular weight is 285 g/mol. The van der Waals surface area contributed by atoms with Gasteiger partial charge in [-0.25, -0.2) is 0 Å². The molecule has 0 saturated heterocycles. The molecule has 1 aromatic carbocycles. The van der Waals surface area contributed by atoms with Crippen LogP contribution in [0, 0.1) is 12.8 Å². The summed E-state index contributed by atoms with van der Waals surface area (Å²) in [6, 6.07) is 8.71. The van der Waals surface area contributed by atoms with Crippen LogP contribution in [0.5, 0.6) is 0 Å². The van der Waals surface area contributed by atoms with Crippen molar-refractivity contribution >= 4 is 5.84 Å². The molecule has 1 aliphatic carbocycles. The molecule has 1 heterocycles. The van der Waals surface area contributed by atoms with E-state index in [4.69, 9.17) is 4.99 Å². The Kier molecular flexibility index (Phi) is 4.29. The first-order chi connectivity index (χ1) is 10.2. The molecule has 1 aromatic rings. The van der Waals surface area contributed by atoms with E-state index < -0.39 is 0 Å². The van der Waals surface area contributed by atoms with E-state index in [1.165, 1.54) is 42.6 Å². The summed E-state index contributed by atoms with van der Waals surface area (Å²) in [5, 5.41) is 7.40. The average Bonchev–Trinajstić information content (AvgIpc) is 2.46. The first-order valence-corrected chi connectivity index (χ1v) is 8.27. The first kappa shape index (κ1) is 14.6. The van der Waals surface area contributed by atoms with E-state index in [1.807, 2.05) is 0 Å². The minimum absolute atomic E-state index is 0.111. The minimum Gasteiger partial charge on any atom is -0.368 e. The zero-order chi connectivity index (χ0) is 14.7. The number of hydrogen-bond acceptors (Lipinski definition) is 3. The molecule has 0 radical (unpaired) electrons. The molecule has 3 nitrogen and oxygen atoms in total. The Balaban J connectivity index is 1.71. The number of benzene rings is 1. The van der Waals surface area contributed by atoms with Crippen LogP contribution in [-0.2, 0) is 6.54 Å². The maximum absolute atomic E-state index is 4.82. The van der Waals surface area contributed by atoms with Gasteiger partial charge in [-0.05, 0) is 31.2 Å². The van der Waals surface area contributed by atoms with Crippen LogP contribution in [0.1, 0.15) is 43.7 Å². The largest absolute Gasteiger partial charge is 0.368 e. The molecule has 2 N–H and O–H groups in total. The van der Waals surface area contributed by atoms with Crippen molar-refractivity contribution in [3.8, 4) is 0 Å². The van der Waals surface area contributed by atoms with Crippen molar-refractivity contribution in [1.82, 2.24) is 10.6 Å². The van der Waals surface area contributed by atoms with E-state index in [0.717, 1.165) is 25.6 Å². The lowest BCUT2D eigenvalue weighted by molar-refractivity contribution is 0.243. The van der Waals surface area contributed by atoms with Crippen molar-refractivity contribution in [1.29, 1.82) is 0 Å². The van der Waals surface area contributed by atoms with Crippen LogP contribution in [0.2, 0.25) is 0 Å². The predicted octanol–water partition coefficient (Wildman–Crippen LogP) is 3.04. The molecule has 0 amide bonds. The van der Waals surface area contributed by atoms with Gasteiger partial charge in [0, 0.05) is 13.1 Å². The highest BCUT2D eigenvalue weighted by Crippen LogP contribution is 2.34. The Morgan fingerprint density at radius 2 is 2.33 bits per heavy atom. The zero-order valence-corrected chi connectivity index (χ0v) is 13.3.